The standard InChI is InChI=1S/C16H16FNO3S2/c1-11(16(20)18-9-12-5-4-8-22-12)21-15(19)10-23-14-7-3-2-6-13(14)17/h2-8,11H,9-10H2,1H3,(H,18,20)/t11-/m1/s1. The van der Waals surface area contributed by atoms with Gasteiger partial charge in [-0.2, -0.15) is 0 Å². The van der Waals surface area contributed by atoms with Crippen LogP contribution in [0.5, 0.6) is 0 Å². The molecule has 0 bridgehead atoms. The van der Waals surface area contributed by atoms with Crippen LogP contribution in [0.25, 0.3) is 0 Å². The molecule has 1 heterocycles. The van der Waals surface area contributed by atoms with Crippen molar-refractivity contribution >= 4 is 35.0 Å². The molecule has 0 fully saturated rings. The molecule has 0 aliphatic heterocycles. The van der Waals surface area contributed by atoms with Crippen LogP contribution >= 0.6 is 23.1 Å². The molecule has 1 aromatic heterocycles. The third kappa shape index (κ3) is 5.69. The molecule has 4 nitrogen and oxygen atoms in total. The lowest BCUT2D eigenvalue weighted by atomic mass is 10.3. The van der Waals surface area contributed by atoms with E-state index in [-0.39, 0.29) is 17.5 Å². The molecule has 0 aliphatic carbocycles. The molecule has 0 spiro atoms. The lowest BCUT2D eigenvalue weighted by Crippen LogP contribution is -2.35. The van der Waals surface area contributed by atoms with Gasteiger partial charge in [-0.05, 0) is 30.5 Å². The minimum atomic E-state index is -0.885. The molecule has 2 aromatic rings. The number of rotatable bonds is 7. The Hall–Kier alpha value is -1.86. The Balaban J connectivity index is 1.73. The summed E-state index contributed by atoms with van der Waals surface area (Å²) < 4.78 is 18.5. The minimum absolute atomic E-state index is 0.0521. The van der Waals surface area contributed by atoms with Crippen LogP contribution in [0, 0.1) is 5.82 Å². The van der Waals surface area contributed by atoms with Gasteiger partial charge >= 0.3 is 5.97 Å². The number of amides is 1. The number of carbonyl (C=O) groups is 2. The average Bonchev–Trinajstić information content (AvgIpc) is 3.05. The number of carbonyl (C=O) groups excluding carboxylic acids is 2. The van der Waals surface area contributed by atoms with E-state index < -0.39 is 12.1 Å². The number of thiophene rings is 1. The number of esters is 1. The third-order valence-corrected chi connectivity index (χ3v) is 4.78. The van der Waals surface area contributed by atoms with Crippen molar-refractivity contribution in [2.75, 3.05) is 5.75 Å². The van der Waals surface area contributed by atoms with Crippen LogP contribution in [-0.4, -0.2) is 23.7 Å². The van der Waals surface area contributed by atoms with Gasteiger partial charge in [0.1, 0.15) is 5.82 Å². The molecular weight excluding hydrogens is 337 g/mol. The van der Waals surface area contributed by atoms with Crippen LogP contribution < -0.4 is 5.32 Å². The monoisotopic (exact) mass is 353 g/mol. The first kappa shape index (κ1) is 17.5. The zero-order valence-electron chi connectivity index (χ0n) is 12.5. The summed E-state index contributed by atoms with van der Waals surface area (Å²) in [6, 6.07) is 10.00. The van der Waals surface area contributed by atoms with Crippen LogP contribution in [0.2, 0.25) is 0 Å². The first-order valence-electron chi connectivity index (χ1n) is 6.93. The summed E-state index contributed by atoms with van der Waals surface area (Å²) in [5.74, 6) is -1.35. The van der Waals surface area contributed by atoms with E-state index in [4.69, 9.17) is 4.74 Å². The van der Waals surface area contributed by atoms with Gasteiger partial charge in [-0.25, -0.2) is 4.39 Å². The highest BCUT2D eigenvalue weighted by Crippen LogP contribution is 2.21. The lowest BCUT2D eigenvalue weighted by Gasteiger charge is -2.13. The van der Waals surface area contributed by atoms with Crippen molar-refractivity contribution in [3.05, 3.63) is 52.5 Å². The Bertz CT molecular complexity index is 661. The summed E-state index contributed by atoms with van der Waals surface area (Å²) in [6.45, 7) is 1.91. The smallest absolute Gasteiger partial charge is 0.317 e. The molecule has 1 atom stereocenters. The number of benzene rings is 1. The summed E-state index contributed by atoms with van der Waals surface area (Å²) >= 11 is 2.58. The number of hydrogen-bond donors (Lipinski definition) is 1. The SMILES string of the molecule is C[C@@H](OC(=O)CSc1ccccc1F)C(=O)NCc1cccs1. The Morgan fingerprint density at radius 1 is 1.30 bits per heavy atom. The summed E-state index contributed by atoms with van der Waals surface area (Å²) in [5.41, 5.74) is 0. The summed E-state index contributed by atoms with van der Waals surface area (Å²) in [4.78, 5) is 25.0. The fourth-order valence-corrected chi connectivity index (χ4v) is 3.08. The van der Waals surface area contributed by atoms with Crippen LogP contribution in [0.4, 0.5) is 4.39 Å². The van der Waals surface area contributed by atoms with E-state index in [1.807, 2.05) is 17.5 Å². The lowest BCUT2D eigenvalue weighted by molar-refractivity contribution is -0.152. The van der Waals surface area contributed by atoms with E-state index in [9.17, 15) is 14.0 Å². The molecule has 0 unspecified atom stereocenters. The molecule has 7 heteroatoms. The number of nitrogens with one attached hydrogen (secondary N) is 1. The van der Waals surface area contributed by atoms with Gasteiger partial charge in [0.05, 0.1) is 12.3 Å². The second kappa shape index (κ2) is 8.69. The first-order valence-corrected chi connectivity index (χ1v) is 8.79. The maximum absolute atomic E-state index is 13.4. The normalized spacial score (nSPS) is 11.7. The average molecular weight is 353 g/mol. The van der Waals surface area contributed by atoms with E-state index in [1.54, 1.807) is 18.2 Å². The van der Waals surface area contributed by atoms with Crippen molar-refractivity contribution in [1.29, 1.82) is 0 Å². The summed E-state index contributed by atoms with van der Waals surface area (Å²) in [6.07, 6.45) is -0.885. The number of halogens is 1. The van der Waals surface area contributed by atoms with Crippen molar-refractivity contribution < 1.29 is 18.7 Å². The molecular formula is C16H16FNO3S2. The molecule has 0 saturated heterocycles. The van der Waals surface area contributed by atoms with Crippen molar-refractivity contribution in [3.8, 4) is 0 Å². The van der Waals surface area contributed by atoms with Gasteiger partial charge in [0.25, 0.3) is 5.91 Å². The van der Waals surface area contributed by atoms with Gasteiger partial charge in [-0.1, -0.05) is 18.2 Å². The molecule has 2 rings (SSSR count). The fourth-order valence-electron chi connectivity index (χ4n) is 1.71. The Morgan fingerprint density at radius 2 is 2.09 bits per heavy atom. The van der Waals surface area contributed by atoms with E-state index in [0.29, 0.717) is 11.4 Å². The van der Waals surface area contributed by atoms with Gasteiger partial charge in [0.15, 0.2) is 6.10 Å². The molecule has 1 N–H and O–H groups in total. The second-order valence-electron chi connectivity index (χ2n) is 4.65. The highest BCUT2D eigenvalue weighted by atomic mass is 32.2. The van der Waals surface area contributed by atoms with E-state index in [1.165, 1.54) is 24.3 Å². The Morgan fingerprint density at radius 3 is 2.78 bits per heavy atom. The summed E-state index contributed by atoms with van der Waals surface area (Å²) in [7, 11) is 0. The first-order chi connectivity index (χ1) is 11.1. The molecule has 0 saturated carbocycles. The van der Waals surface area contributed by atoms with Crippen molar-refractivity contribution in [2.45, 2.75) is 24.5 Å². The third-order valence-electron chi connectivity index (χ3n) is 2.88. The number of hydrogen-bond acceptors (Lipinski definition) is 5. The van der Waals surface area contributed by atoms with Gasteiger partial charge < -0.3 is 10.1 Å². The summed E-state index contributed by atoms with van der Waals surface area (Å²) in [5, 5.41) is 4.62. The maximum atomic E-state index is 13.4. The van der Waals surface area contributed by atoms with Crippen molar-refractivity contribution in [3.63, 3.8) is 0 Å². The largest absolute Gasteiger partial charge is 0.452 e. The predicted molar refractivity (Wildman–Crippen MR) is 88.8 cm³/mol. The maximum Gasteiger partial charge on any atom is 0.317 e. The van der Waals surface area contributed by atoms with E-state index in [0.717, 1.165) is 16.6 Å². The Kier molecular flexibility index (Phi) is 6.61. The Labute approximate surface area is 142 Å². The van der Waals surface area contributed by atoms with E-state index >= 15 is 0 Å². The highest BCUT2D eigenvalue weighted by molar-refractivity contribution is 8.00. The molecule has 0 aliphatic rings. The molecule has 1 amide bonds. The highest BCUT2D eigenvalue weighted by Gasteiger charge is 2.18. The topological polar surface area (TPSA) is 55.4 Å². The van der Waals surface area contributed by atoms with Crippen molar-refractivity contribution in [1.82, 2.24) is 5.32 Å². The van der Waals surface area contributed by atoms with E-state index in [2.05, 4.69) is 5.32 Å². The number of thioether (sulfide) groups is 1. The van der Waals surface area contributed by atoms with Gasteiger partial charge in [-0.15, -0.1) is 23.1 Å². The van der Waals surface area contributed by atoms with Gasteiger partial charge in [-0.3, -0.25) is 9.59 Å². The van der Waals surface area contributed by atoms with Gasteiger partial charge in [0, 0.05) is 9.77 Å². The van der Waals surface area contributed by atoms with Crippen LogP contribution in [0.1, 0.15) is 11.8 Å². The van der Waals surface area contributed by atoms with Crippen LogP contribution in [-0.2, 0) is 20.9 Å². The van der Waals surface area contributed by atoms with Crippen LogP contribution in [0.15, 0.2) is 46.7 Å². The van der Waals surface area contributed by atoms with Crippen LogP contribution in [0.3, 0.4) is 0 Å². The molecule has 1 aromatic carbocycles. The van der Waals surface area contributed by atoms with Crippen molar-refractivity contribution in [2.24, 2.45) is 0 Å². The fraction of sp³-hybridized carbons (Fsp3) is 0.250. The molecule has 122 valence electrons. The zero-order valence-corrected chi connectivity index (χ0v) is 14.1. The minimum Gasteiger partial charge on any atom is -0.452 e. The van der Waals surface area contributed by atoms with Gasteiger partial charge in [0.2, 0.25) is 0 Å². The number of ether oxygens (including phenoxy) is 1. The zero-order chi connectivity index (χ0) is 16.7. The predicted octanol–water partition coefficient (Wildman–Crippen LogP) is 3.23. The molecule has 23 heavy (non-hydrogen) atoms. The quantitative estimate of drug-likeness (QED) is 0.613. The second-order valence-corrected chi connectivity index (χ2v) is 6.70. The molecule has 0 radical (unpaired) electrons.